The molecule has 5 nitrogen and oxygen atoms in total. The quantitative estimate of drug-likeness (QED) is 0.867. The van der Waals surface area contributed by atoms with Crippen LogP contribution in [0.2, 0.25) is 0 Å². The Labute approximate surface area is 138 Å². The molecule has 1 aromatic heterocycles. The SMILES string of the molecule is CN(Cc1cccs1)C(=O)C1=NN(c2ccccc2)C(=O)CC1. The minimum absolute atomic E-state index is 0.0892. The second-order valence-electron chi connectivity index (χ2n) is 5.33. The summed E-state index contributed by atoms with van der Waals surface area (Å²) in [4.78, 5) is 27.4. The maximum absolute atomic E-state index is 12.6. The van der Waals surface area contributed by atoms with Gasteiger partial charge in [0, 0.05) is 24.8 Å². The van der Waals surface area contributed by atoms with E-state index < -0.39 is 0 Å². The fourth-order valence-electron chi connectivity index (χ4n) is 2.41. The predicted molar refractivity (Wildman–Crippen MR) is 91.4 cm³/mol. The van der Waals surface area contributed by atoms with Crippen LogP contribution in [-0.2, 0) is 16.1 Å². The van der Waals surface area contributed by atoms with Crippen molar-refractivity contribution in [2.24, 2.45) is 5.10 Å². The van der Waals surface area contributed by atoms with E-state index >= 15 is 0 Å². The number of carbonyl (C=O) groups excluding carboxylic acids is 2. The Bertz CT molecular complexity index is 726. The first-order chi connectivity index (χ1) is 11.1. The molecular formula is C17H17N3O2S. The van der Waals surface area contributed by atoms with E-state index in [1.54, 1.807) is 23.3 Å². The molecule has 3 rings (SSSR count). The molecule has 118 valence electrons. The van der Waals surface area contributed by atoms with Crippen LogP contribution in [0, 0.1) is 0 Å². The summed E-state index contributed by atoms with van der Waals surface area (Å²) in [7, 11) is 1.76. The topological polar surface area (TPSA) is 53.0 Å². The molecule has 0 N–H and O–H groups in total. The van der Waals surface area contributed by atoms with Gasteiger partial charge >= 0.3 is 0 Å². The summed E-state index contributed by atoms with van der Waals surface area (Å²) in [5, 5.41) is 7.61. The van der Waals surface area contributed by atoms with Crippen LogP contribution in [-0.4, -0.2) is 29.5 Å². The number of hydrogen-bond donors (Lipinski definition) is 0. The van der Waals surface area contributed by atoms with E-state index in [2.05, 4.69) is 5.10 Å². The number of thiophene rings is 1. The molecule has 2 aromatic rings. The third-order valence-electron chi connectivity index (χ3n) is 3.60. The smallest absolute Gasteiger partial charge is 0.270 e. The van der Waals surface area contributed by atoms with Gasteiger partial charge in [0.1, 0.15) is 5.71 Å². The van der Waals surface area contributed by atoms with E-state index in [1.807, 2.05) is 47.8 Å². The van der Waals surface area contributed by atoms with Crippen LogP contribution in [0.3, 0.4) is 0 Å². The van der Waals surface area contributed by atoms with E-state index in [0.29, 0.717) is 30.8 Å². The first-order valence-corrected chi connectivity index (χ1v) is 8.26. The average molecular weight is 327 g/mol. The minimum Gasteiger partial charge on any atom is -0.335 e. The first-order valence-electron chi connectivity index (χ1n) is 7.38. The predicted octanol–water partition coefficient (Wildman–Crippen LogP) is 2.89. The van der Waals surface area contributed by atoms with Gasteiger partial charge in [0.15, 0.2) is 0 Å². The molecule has 0 fully saturated rings. The maximum atomic E-state index is 12.6. The zero-order valence-corrected chi connectivity index (χ0v) is 13.6. The van der Waals surface area contributed by atoms with E-state index in [0.717, 1.165) is 4.88 Å². The van der Waals surface area contributed by atoms with Crippen molar-refractivity contribution in [3.63, 3.8) is 0 Å². The molecule has 0 saturated carbocycles. The number of carbonyl (C=O) groups is 2. The molecule has 0 atom stereocenters. The average Bonchev–Trinajstić information content (AvgIpc) is 3.08. The summed E-state index contributed by atoms with van der Waals surface area (Å²) in [5.41, 5.74) is 1.11. The summed E-state index contributed by atoms with van der Waals surface area (Å²) in [6, 6.07) is 13.1. The van der Waals surface area contributed by atoms with Crippen molar-refractivity contribution in [1.29, 1.82) is 0 Å². The maximum Gasteiger partial charge on any atom is 0.270 e. The van der Waals surface area contributed by atoms with Crippen molar-refractivity contribution in [2.75, 3.05) is 12.1 Å². The van der Waals surface area contributed by atoms with E-state index in [-0.39, 0.29) is 11.8 Å². The number of anilines is 1. The molecule has 0 bridgehead atoms. The molecule has 1 aliphatic heterocycles. The fourth-order valence-corrected chi connectivity index (χ4v) is 3.16. The highest BCUT2D eigenvalue weighted by atomic mass is 32.1. The number of benzene rings is 1. The summed E-state index contributed by atoms with van der Waals surface area (Å²) >= 11 is 1.61. The lowest BCUT2D eigenvalue weighted by molar-refractivity contribution is -0.123. The van der Waals surface area contributed by atoms with Gasteiger partial charge in [0.25, 0.3) is 5.91 Å². The molecule has 0 unspecified atom stereocenters. The molecule has 23 heavy (non-hydrogen) atoms. The zero-order chi connectivity index (χ0) is 16.2. The first kappa shape index (κ1) is 15.4. The Kier molecular flexibility index (Phi) is 4.52. The van der Waals surface area contributed by atoms with Crippen LogP contribution in [0.15, 0.2) is 52.9 Å². The number of hydrogen-bond acceptors (Lipinski definition) is 4. The molecule has 1 aromatic carbocycles. The van der Waals surface area contributed by atoms with Crippen LogP contribution in [0.1, 0.15) is 17.7 Å². The van der Waals surface area contributed by atoms with Crippen LogP contribution < -0.4 is 5.01 Å². The molecule has 0 aliphatic carbocycles. The Morgan fingerprint density at radius 2 is 2.00 bits per heavy atom. The van der Waals surface area contributed by atoms with Crippen LogP contribution >= 0.6 is 11.3 Å². The number of amides is 2. The van der Waals surface area contributed by atoms with Crippen molar-refractivity contribution in [3.8, 4) is 0 Å². The summed E-state index contributed by atoms with van der Waals surface area (Å²) < 4.78 is 0. The standard InChI is InChI=1S/C17H17N3O2S/c1-19(12-14-8-5-11-23-14)17(22)15-9-10-16(21)20(18-15)13-6-3-2-4-7-13/h2-8,11H,9-10,12H2,1H3. The van der Waals surface area contributed by atoms with Crippen LogP contribution in [0.4, 0.5) is 5.69 Å². The third kappa shape index (κ3) is 3.48. The van der Waals surface area contributed by atoms with Crippen molar-refractivity contribution in [1.82, 2.24) is 4.90 Å². The van der Waals surface area contributed by atoms with Gasteiger partial charge in [-0.25, -0.2) is 5.01 Å². The molecule has 2 heterocycles. The van der Waals surface area contributed by atoms with Gasteiger partial charge in [0.05, 0.1) is 12.2 Å². The van der Waals surface area contributed by atoms with Crippen molar-refractivity contribution in [2.45, 2.75) is 19.4 Å². The van der Waals surface area contributed by atoms with Gasteiger partial charge in [-0.3, -0.25) is 9.59 Å². The lowest BCUT2D eigenvalue weighted by atomic mass is 10.1. The molecule has 6 heteroatoms. The van der Waals surface area contributed by atoms with E-state index in [4.69, 9.17) is 0 Å². The van der Waals surface area contributed by atoms with Crippen molar-refractivity contribution in [3.05, 3.63) is 52.7 Å². The van der Waals surface area contributed by atoms with Crippen LogP contribution in [0.5, 0.6) is 0 Å². The number of hydrazone groups is 1. The molecule has 0 saturated heterocycles. The van der Waals surface area contributed by atoms with Crippen LogP contribution in [0.25, 0.3) is 0 Å². The highest BCUT2D eigenvalue weighted by Crippen LogP contribution is 2.20. The Hall–Kier alpha value is -2.47. The number of nitrogens with zero attached hydrogens (tertiary/aromatic N) is 3. The monoisotopic (exact) mass is 327 g/mol. The zero-order valence-electron chi connectivity index (χ0n) is 12.8. The van der Waals surface area contributed by atoms with Gasteiger partial charge in [0.2, 0.25) is 5.91 Å². The Morgan fingerprint density at radius 1 is 1.22 bits per heavy atom. The number of rotatable bonds is 4. The van der Waals surface area contributed by atoms with Crippen molar-refractivity contribution >= 4 is 34.6 Å². The second kappa shape index (κ2) is 6.75. The van der Waals surface area contributed by atoms with Gasteiger partial charge in [-0.1, -0.05) is 24.3 Å². The lowest BCUT2D eigenvalue weighted by Gasteiger charge is -2.25. The summed E-state index contributed by atoms with van der Waals surface area (Å²) in [6.07, 6.45) is 0.683. The Balaban J connectivity index is 1.78. The molecule has 1 aliphatic rings. The molecule has 2 amide bonds. The van der Waals surface area contributed by atoms with Gasteiger partial charge in [-0.15, -0.1) is 11.3 Å². The lowest BCUT2D eigenvalue weighted by Crippen LogP contribution is -2.39. The van der Waals surface area contributed by atoms with Gasteiger partial charge < -0.3 is 4.90 Å². The van der Waals surface area contributed by atoms with E-state index in [1.165, 1.54) is 5.01 Å². The van der Waals surface area contributed by atoms with Gasteiger partial charge in [-0.05, 0) is 23.6 Å². The van der Waals surface area contributed by atoms with Gasteiger partial charge in [-0.2, -0.15) is 5.10 Å². The fraction of sp³-hybridized carbons (Fsp3) is 0.235. The normalized spacial score (nSPS) is 14.6. The molecule has 0 spiro atoms. The van der Waals surface area contributed by atoms with Crippen molar-refractivity contribution < 1.29 is 9.59 Å². The minimum atomic E-state index is -0.133. The third-order valence-corrected chi connectivity index (χ3v) is 4.46. The highest BCUT2D eigenvalue weighted by Gasteiger charge is 2.27. The summed E-state index contributed by atoms with van der Waals surface area (Å²) in [5.74, 6) is -0.222. The second-order valence-corrected chi connectivity index (χ2v) is 6.36. The molecular weight excluding hydrogens is 310 g/mol. The summed E-state index contributed by atoms with van der Waals surface area (Å²) in [6.45, 7) is 0.550. The Morgan fingerprint density at radius 3 is 2.70 bits per heavy atom. The highest BCUT2D eigenvalue weighted by molar-refractivity contribution is 7.09. The molecule has 0 radical (unpaired) electrons. The van der Waals surface area contributed by atoms with E-state index in [9.17, 15) is 9.59 Å². The number of para-hydroxylation sites is 1. The largest absolute Gasteiger partial charge is 0.335 e.